The van der Waals surface area contributed by atoms with Crippen LogP contribution in [0.5, 0.6) is 5.75 Å². The average molecular weight is 447 g/mol. The molecule has 3 aromatic carbocycles. The number of thioether (sulfide) groups is 1. The van der Waals surface area contributed by atoms with Crippen molar-refractivity contribution >= 4 is 23.3 Å². The highest BCUT2D eigenvalue weighted by molar-refractivity contribution is 7.99. The fourth-order valence-corrected chi connectivity index (χ4v) is 4.34. The van der Waals surface area contributed by atoms with Crippen molar-refractivity contribution in [2.75, 3.05) is 12.4 Å². The van der Waals surface area contributed by atoms with Gasteiger partial charge in [-0.25, -0.2) is 4.79 Å². The summed E-state index contributed by atoms with van der Waals surface area (Å²) >= 11 is 1.75. The fourth-order valence-electron chi connectivity index (χ4n) is 3.48. The molecule has 32 heavy (non-hydrogen) atoms. The third kappa shape index (κ3) is 6.51. The molecule has 0 aliphatic rings. The first kappa shape index (κ1) is 23.7. The topological polar surface area (TPSA) is 46.5 Å². The molecule has 0 spiro atoms. The number of hydrogen-bond donors (Lipinski definition) is 1. The summed E-state index contributed by atoms with van der Waals surface area (Å²) in [6.07, 6.45) is 4.36. The van der Waals surface area contributed by atoms with Crippen LogP contribution in [0.4, 0.5) is 0 Å². The standard InChI is InChI=1S/C28H30O3S/c1-4-21-6-10-23(11-7-21)26(24-12-8-22(5-2)9-13-24)16-17-32-25-14-15-27(20(3)18-25)31-19-28(29)30/h6-16,18H,4-5,17,19H2,1-3H3,(H,29,30). The van der Waals surface area contributed by atoms with E-state index in [9.17, 15) is 4.79 Å². The smallest absolute Gasteiger partial charge is 0.341 e. The molecule has 0 radical (unpaired) electrons. The van der Waals surface area contributed by atoms with Crippen molar-refractivity contribution in [2.24, 2.45) is 0 Å². The zero-order valence-corrected chi connectivity index (χ0v) is 19.7. The molecule has 0 saturated carbocycles. The molecule has 0 fully saturated rings. The van der Waals surface area contributed by atoms with E-state index in [1.165, 1.54) is 27.8 Å². The lowest BCUT2D eigenvalue weighted by Crippen LogP contribution is -2.09. The molecule has 4 heteroatoms. The molecular weight excluding hydrogens is 416 g/mol. The zero-order chi connectivity index (χ0) is 22.9. The van der Waals surface area contributed by atoms with Crippen LogP contribution >= 0.6 is 11.8 Å². The molecule has 0 amide bonds. The van der Waals surface area contributed by atoms with E-state index < -0.39 is 5.97 Å². The minimum absolute atomic E-state index is 0.326. The van der Waals surface area contributed by atoms with Gasteiger partial charge in [0.15, 0.2) is 6.61 Å². The maximum atomic E-state index is 10.7. The molecule has 0 aliphatic heterocycles. The quantitative estimate of drug-likeness (QED) is 0.348. The molecular formula is C28H30O3S. The van der Waals surface area contributed by atoms with E-state index in [-0.39, 0.29) is 6.61 Å². The van der Waals surface area contributed by atoms with Crippen molar-refractivity contribution in [3.63, 3.8) is 0 Å². The predicted octanol–water partition coefficient (Wildman–Crippen LogP) is 6.81. The molecule has 0 aliphatic carbocycles. The Morgan fingerprint density at radius 3 is 1.94 bits per heavy atom. The number of benzene rings is 3. The molecule has 0 aromatic heterocycles. The van der Waals surface area contributed by atoms with Crippen LogP contribution in [0.2, 0.25) is 0 Å². The van der Waals surface area contributed by atoms with Gasteiger partial charge in [-0.05, 0) is 71.4 Å². The third-order valence-electron chi connectivity index (χ3n) is 5.38. The van der Waals surface area contributed by atoms with Gasteiger partial charge in [-0.3, -0.25) is 0 Å². The van der Waals surface area contributed by atoms with Gasteiger partial charge in [-0.15, -0.1) is 11.8 Å². The molecule has 3 rings (SSSR count). The Bertz CT molecular complexity index is 1020. The molecule has 1 N–H and O–H groups in total. The molecule has 0 saturated heterocycles. The summed E-state index contributed by atoms with van der Waals surface area (Å²) in [4.78, 5) is 11.9. The molecule has 0 atom stereocenters. The molecule has 0 bridgehead atoms. The van der Waals surface area contributed by atoms with Crippen LogP contribution < -0.4 is 4.74 Å². The Morgan fingerprint density at radius 2 is 1.47 bits per heavy atom. The maximum Gasteiger partial charge on any atom is 0.341 e. The first-order chi connectivity index (χ1) is 15.5. The van der Waals surface area contributed by atoms with Gasteiger partial charge in [-0.2, -0.15) is 0 Å². The molecule has 0 heterocycles. The monoisotopic (exact) mass is 446 g/mol. The third-order valence-corrected chi connectivity index (χ3v) is 6.30. The van der Waals surface area contributed by atoms with Crippen molar-refractivity contribution in [3.05, 3.63) is 101 Å². The van der Waals surface area contributed by atoms with Crippen LogP contribution in [0.15, 0.2) is 77.7 Å². The van der Waals surface area contributed by atoms with E-state index in [1.807, 2.05) is 25.1 Å². The summed E-state index contributed by atoms with van der Waals surface area (Å²) in [5.74, 6) is 0.467. The second-order valence-electron chi connectivity index (χ2n) is 7.64. The first-order valence-electron chi connectivity index (χ1n) is 11.0. The van der Waals surface area contributed by atoms with Gasteiger partial charge in [0.25, 0.3) is 0 Å². The Labute approximate surface area is 195 Å². The van der Waals surface area contributed by atoms with Crippen molar-refractivity contribution in [1.82, 2.24) is 0 Å². The number of ether oxygens (including phenoxy) is 1. The Hall–Kier alpha value is -2.98. The summed E-state index contributed by atoms with van der Waals surface area (Å²) in [5, 5.41) is 8.80. The molecule has 3 aromatic rings. The average Bonchev–Trinajstić information content (AvgIpc) is 2.81. The summed E-state index contributed by atoms with van der Waals surface area (Å²) < 4.78 is 5.33. The Kier molecular flexibility index (Phi) is 8.57. The minimum atomic E-state index is -0.973. The van der Waals surface area contributed by atoms with E-state index in [0.717, 1.165) is 29.1 Å². The minimum Gasteiger partial charge on any atom is -0.482 e. The van der Waals surface area contributed by atoms with Gasteiger partial charge in [0.2, 0.25) is 0 Å². The number of carbonyl (C=O) groups is 1. The highest BCUT2D eigenvalue weighted by Crippen LogP contribution is 2.29. The molecule has 0 unspecified atom stereocenters. The van der Waals surface area contributed by atoms with Crippen molar-refractivity contribution < 1.29 is 14.6 Å². The van der Waals surface area contributed by atoms with Gasteiger partial charge >= 0.3 is 5.97 Å². The van der Waals surface area contributed by atoms with Crippen LogP contribution in [0, 0.1) is 6.92 Å². The lowest BCUT2D eigenvalue weighted by atomic mass is 9.95. The van der Waals surface area contributed by atoms with E-state index in [2.05, 4.69) is 68.5 Å². The van der Waals surface area contributed by atoms with E-state index in [4.69, 9.17) is 9.84 Å². The number of carboxylic acids is 1. The second kappa shape index (κ2) is 11.6. The highest BCUT2D eigenvalue weighted by Gasteiger charge is 2.07. The second-order valence-corrected chi connectivity index (χ2v) is 8.73. The van der Waals surface area contributed by atoms with Gasteiger partial charge in [-0.1, -0.05) is 68.5 Å². The summed E-state index contributed by atoms with van der Waals surface area (Å²) in [6, 6.07) is 23.5. The lowest BCUT2D eigenvalue weighted by molar-refractivity contribution is -0.139. The van der Waals surface area contributed by atoms with Gasteiger partial charge < -0.3 is 9.84 Å². The Morgan fingerprint density at radius 1 is 0.906 bits per heavy atom. The van der Waals surface area contributed by atoms with E-state index in [1.54, 1.807) is 11.8 Å². The molecule has 166 valence electrons. The van der Waals surface area contributed by atoms with Gasteiger partial charge in [0.1, 0.15) is 5.75 Å². The van der Waals surface area contributed by atoms with Crippen molar-refractivity contribution in [3.8, 4) is 5.75 Å². The largest absolute Gasteiger partial charge is 0.482 e. The zero-order valence-electron chi connectivity index (χ0n) is 18.9. The number of rotatable bonds is 10. The highest BCUT2D eigenvalue weighted by atomic mass is 32.2. The normalized spacial score (nSPS) is 10.6. The number of hydrogen-bond acceptors (Lipinski definition) is 3. The molecule has 3 nitrogen and oxygen atoms in total. The summed E-state index contributed by atoms with van der Waals surface area (Å²) in [7, 11) is 0. The number of carboxylic acid groups (broad SMARTS) is 1. The van der Waals surface area contributed by atoms with E-state index in [0.29, 0.717) is 5.75 Å². The van der Waals surface area contributed by atoms with Crippen molar-refractivity contribution in [1.29, 1.82) is 0 Å². The summed E-state index contributed by atoms with van der Waals surface area (Å²) in [6.45, 7) is 5.96. The maximum absolute atomic E-state index is 10.7. The fraction of sp³-hybridized carbons (Fsp3) is 0.250. The Balaban J connectivity index is 1.79. The SMILES string of the molecule is CCc1ccc(C(=CCSc2ccc(OCC(=O)O)c(C)c2)c2ccc(CC)cc2)cc1. The van der Waals surface area contributed by atoms with Crippen LogP contribution in [0.25, 0.3) is 5.57 Å². The van der Waals surface area contributed by atoms with E-state index >= 15 is 0 Å². The first-order valence-corrected chi connectivity index (χ1v) is 12.0. The van der Waals surface area contributed by atoms with Gasteiger partial charge in [0, 0.05) is 10.6 Å². The van der Waals surface area contributed by atoms with Crippen LogP contribution in [0.1, 0.15) is 41.7 Å². The van der Waals surface area contributed by atoms with Crippen LogP contribution in [0.3, 0.4) is 0 Å². The number of aryl methyl sites for hydroxylation is 3. The number of aliphatic carboxylic acids is 1. The predicted molar refractivity (Wildman–Crippen MR) is 134 cm³/mol. The van der Waals surface area contributed by atoms with Crippen molar-refractivity contribution in [2.45, 2.75) is 38.5 Å². The van der Waals surface area contributed by atoms with Gasteiger partial charge in [0.05, 0.1) is 0 Å². The summed E-state index contributed by atoms with van der Waals surface area (Å²) in [5.41, 5.74) is 7.29. The van der Waals surface area contributed by atoms with Crippen LogP contribution in [-0.2, 0) is 17.6 Å². The lowest BCUT2D eigenvalue weighted by Gasteiger charge is -2.11. The van der Waals surface area contributed by atoms with Crippen LogP contribution in [-0.4, -0.2) is 23.4 Å².